The van der Waals surface area contributed by atoms with Crippen LogP contribution >= 0.6 is 11.3 Å². The number of amides is 1. The normalized spacial score (nSPS) is 12.1. The lowest BCUT2D eigenvalue weighted by Gasteiger charge is -2.00. The zero-order valence-electron chi connectivity index (χ0n) is 9.51. The van der Waals surface area contributed by atoms with E-state index in [1.54, 1.807) is 12.3 Å². The fourth-order valence-electron chi connectivity index (χ4n) is 1.20. The summed E-state index contributed by atoms with van der Waals surface area (Å²) in [5.74, 6) is -0.132. The second-order valence-corrected chi connectivity index (χ2v) is 4.51. The summed E-state index contributed by atoms with van der Waals surface area (Å²) in [6.45, 7) is 1.80. The number of carbonyl (C=O) groups is 1. The van der Waals surface area contributed by atoms with Gasteiger partial charge in [0.25, 0.3) is 11.5 Å². The number of rotatable bonds is 3. The molecule has 0 spiro atoms. The molecule has 2 heterocycles. The highest BCUT2D eigenvalue weighted by atomic mass is 32.1. The molecule has 2 aromatic rings. The molecule has 0 aliphatic carbocycles. The van der Waals surface area contributed by atoms with Gasteiger partial charge in [-0.2, -0.15) is 5.10 Å². The molecule has 2 rings (SSSR count). The van der Waals surface area contributed by atoms with Gasteiger partial charge in [0.15, 0.2) is 5.82 Å². The van der Waals surface area contributed by atoms with Gasteiger partial charge in [-0.25, -0.2) is 10.1 Å². The van der Waals surface area contributed by atoms with Gasteiger partial charge >= 0.3 is 0 Å². The molecule has 8 heteroatoms. The van der Waals surface area contributed by atoms with E-state index in [9.17, 15) is 9.59 Å². The van der Waals surface area contributed by atoms with E-state index in [2.05, 4.69) is 20.5 Å². The Hall–Kier alpha value is -2.06. The summed E-state index contributed by atoms with van der Waals surface area (Å²) in [4.78, 5) is 26.7. The first-order chi connectivity index (χ1) is 8.56. The Morgan fingerprint density at radius 1 is 1.56 bits per heavy atom. The molecule has 0 radical (unpaired) electrons. The lowest BCUT2D eigenvalue weighted by molar-refractivity contribution is 0.102. The first-order valence-corrected chi connectivity index (χ1v) is 6.02. The molecular formula is C10H11N5O2S. The Morgan fingerprint density at radius 2 is 2.33 bits per heavy atom. The molecule has 94 valence electrons. The number of carbonyl (C=O) groups excluding carboxylic acids is 1. The standard InChI is InChI=1S/C10H11N5O2S/c1-5(11)10-12-6(4-18-10)9(17)13-7-2-3-8(16)15-14-7/h2-5H,11H2,1H3,(H,15,16)(H,13,14,17). The molecule has 2 aromatic heterocycles. The van der Waals surface area contributed by atoms with Crippen LogP contribution in [0.5, 0.6) is 0 Å². The smallest absolute Gasteiger partial charge is 0.276 e. The van der Waals surface area contributed by atoms with Crippen molar-refractivity contribution in [2.45, 2.75) is 13.0 Å². The monoisotopic (exact) mass is 265 g/mol. The largest absolute Gasteiger partial charge is 0.322 e. The predicted molar refractivity (Wildman–Crippen MR) is 67.5 cm³/mol. The van der Waals surface area contributed by atoms with E-state index in [0.29, 0.717) is 5.01 Å². The van der Waals surface area contributed by atoms with Crippen molar-refractivity contribution in [3.8, 4) is 0 Å². The molecule has 4 N–H and O–H groups in total. The van der Waals surface area contributed by atoms with E-state index in [0.717, 1.165) is 0 Å². The molecule has 18 heavy (non-hydrogen) atoms. The number of aromatic nitrogens is 3. The van der Waals surface area contributed by atoms with Crippen molar-refractivity contribution in [1.82, 2.24) is 15.2 Å². The third-order valence-corrected chi connectivity index (χ3v) is 3.11. The maximum absolute atomic E-state index is 11.8. The van der Waals surface area contributed by atoms with E-state index in [-0.39, 0.29) is 23.1 Å². The first-order valence-electron chi connectivity index (χ1n) is 5.14. The number of nitrogens with two attached hydrogens (primary N) is 1. The van der Waals surface area contributed by atoms with Crippen molar-refractivity contribution in [1.29, 1.82) is 0 Å². The molecule has 0 fully saturated rings. The summed E-state index contributed by atoms with van der Waals surface area (Å²) in [5, 5.41) is 10.7. The van der Waals surface area contributed by atoms with Gasteiger partial charge < -0.3 is 11.1 Å². The van der Waals surface area contributed by atoms with Crippen molar-refractivity contribution >= 4 is 23.1 Å². The maximum Gasteiger partial charge on any atom is 0.276 e. The van der Waals surface area contributed by atoms with Crippen LogP contribution in [0.2, 0.25) is 0 Å². The lowest BCUT2D eigenvalue weighted by Crippen LogP contribution is -2.16. The molecule has 0 saturated heterocycles. The SMILES string of the molecule is CC(N)c1nc(C(=O)Nc2ccc(=O)[nH]n2)cs1. The molecular weight excluding hydrogens is 254 g/mol. The van der Waals surface area contributed by atoms with Crippen LogP contribution in [0.25, 0.3) is 0 Å². The highest BCUT2D eigenvalue weighted by Crippen LogP contribution is 2.16. The van der Waals surface area contributed by atoms with Gasteiger partial charge in [0, 0.05) is 11.4 Å². The van der Waals surface area contributed by atoms with Crippen molar-refractivity contribution in [2.24, 2.45) is 5.73 Å². The van der Waals surface area contributed by atoms with Crippen molar-refractivity contribution < 1.29 is 4.79 Å². The second kappa shape index (κ2) is 5.07. The summed E-state index contributed by atoms with van der Waals surface area (Å²) in [7, 11) is 0. The van der Waals surface area contributed by atoms with Crippen LogP contribution in [0.3, 0.4) is 0 Å². The summed E-state index contributed by atoms with van der Waals surface area (Å²) in [6, 6.07) is 2.48. The summed E-state index contributed by atoms with van der Waals surface area (Å²) in [6.07, 6.45) is 0. The fourth-order valence-corrected chi connectivity index (χ4v) is 1.95. The third-order valence-electron chi connectivity index (χ3n) is 2.06. The van der Waals surface area contributed by atoms with Crippen LogP contribution in [0, 0.1) is 0 Å². The number of hydrogen-bond acceptors (Lipinski definition) is 6. The number of nitrogens with one attached hydrogen (secondary N) is 2. The van der Waals surface area contributed by atoms with Gasteiger partial charge in [0.2, 0.25) is 0 Å². The average Bonchev–Trinajstić information content (AvgIpc) is 2.81. The van der Waals surface area contributed by atoms with Gasteiger partial charge in [-0.15, -0.1) is 11.3 Å². The molecule has 7 nitrogen and oxygen atoms in total. The van der Waals surface area contributed by atoms with Crippen molar-refractivity contribution in [2.75, 3.05) is 5.32 Å². The number of hydrogen-bond donors (Lipinski definition) is 3. The molecule has 0 aliphatic rings. The zero-order valence-corrected chi connectivity index (χ0v) is 10.3. The van der Waals surface area contributed by atoms with Crippen LogP contribution in [0.15, 0.2) is 22.3 Å². The van der Waals surface area contributed by atoms with Gasteiger partial charge in [-0.3, -0.25) is 9.59 Å². The predicted octanol–water partition coefficient (Wildman–Crippen LogP) is 0.498. The van der Waals surface area contributed by atoms with E-state index in [4.69, 9.17) is 5.73 Å². The minimum Gasteiger partial charge on any atom is -0.322 e. The van der Waals surface area contributed by atoms with Gasteiger partial charge in [0.05, 0.1) is 6.04 Å². The highest BCUT2D eigenvalue weighted by Gasteiger charge is 2.13. The first kappa shape index (κ1) is 12.4. The summed E-state index contributed by atoms with van der Waals surface area (Å²) < 4.78 is 0. The number of thiazole rings is 1. The van der Waals surface area contributed by atoms with Crippen LogP contribution in [-0.2, 0) is 0 Å². The number of nitrogens with zero attached hydrogens (tertiary/aromatic N) is 2. The number of anilines is 1. The second-order valence-electron chi connectivity index (χ2n) is 3.62. The number of H-pyrrole nitrogens is 1. The summed E-state index contributed by atoms with van der Waals surface area (Å²) in [5.41, 5.74) is 5.61. The molecule has 0 aromatic carbocycles. The number of aromatic amines is 1. The van der Waals surface area contributed by atoms with Crippen molar-refractivity contribution in [3.05, 3.63) is 38.6 Å². The molecule has 0 saturated carbocycles. The quantitative estimate of drug-likeness (QED) is 0.747. The summed E-state index contributed by atoms with van der Waals surface area (Å²) >= 11 is 1.32. The lowest BCUT2D eigenvalue weighted by atomic mass is 10.4. The molecule has 0 aliphatic heterocycles. The van der Waals surface area contributed by atoms with Crippen LogP contribution < -0.4 is 16.6 Å². The Morgan fingerprint density at radius 3 is 2.89 bits per heavy atom. The van der Waals surface area contributed by atoms with E-state index in [1.807, 2.05) is 0 Å². The van der Waals surface area contributed by atoms with Crippen LogP contribution in [-0.4, -0.2) is 21.1 Å². The van der Waals surface area contributed by atoms with Crippen LogP contribution in [0.4, 0.5) is 5.82 Å². The molecule has 1 unspecified atom stereocenters. The minimum atomic E-state index is -0.391. The van der Waals surface area contributed by atoms with E-state index < -0.39 is 5.91 Å². The Bertz CT molecular complexity index is 598. The Kier molecular flexibility index (Phi) is 3.49. The van der Waals surface area contributed by atoms with Gasteiger partial charge in [-0.05, 0) is 13.0 Å². The van der Waals surface area contributed by atoms with Gasteiger partial charge in [0.1, 0.15) is 10.7 Å². The van der Waals surface area contributed by atoms with Crippen LogP contribution in [0.1, 0.15) is 28.5 Å². The van der Waals surface area contributed by atoms with Crippen molar-refractivity contribution in [3.63, 3.8) is 0 Å². The molecule has 1 atom stereocenters. The Balaban J connectivity index is 2.11. The van der Waals surface area contributed by atoms with Gasteiger partial charge in [-0.1, -0.05) is 0 Å². The Labute approximate surface area is 106 Å². The van der Waals surface area contributed by atoms with E-state index >= 15 is 0 Å². The molecule has 0 bridgehead atoms. The highest BCUT2D eigenvalue weighted by molar-refractivity contribution is 7.09. The zero-order chi connectivity index (χ0) is 13.1. The average molecular weight is 265 g/mol. The third kappa shape index (κ3) is 2.79. The topological polar surface area (TPSA) is 114 Å². The van der Waals surface area contributed by atoms with E-state index in [1.165, 1.54) is 23.5 Å². The maximum atomic E-state index is 11.8. The minimum absolute atomic E-state index is 0.206. The molecule has 1 amide bonds. The fraction of sp³-hybridized carbons (Fsp3) is 0.200.